The maximum atomic E-state index is 13.0. The largest absolute Gasteiger partial charge is 0.455 e. The van der Waals surface area contributed by atoms with E-state index >= 15 is 0 Å². The number of fused-ring (bicyclic) bond motifs is 1. The number of rotatable bonds is 5. The number of carbonyl (C=O) groups is 4. The van der Waals surface area contributed by atoms with E-state index in [1.54, 1.807) is 12.1 Å². The highest BCUT2D eigenvalue weighted by Gasteiger charge is 2.44. The summed E-state index contributed by atoms with van der Waals surface area (Å²) in [5, 5.41) is 3.20. The number of benzene rings is 2. The molecule has 4 rings (SSSR count). The Bertz CT molecular complexity index is 1070. The molecule has 0 aromatic heterocycles. The molecule has 2 aromatic rings. The summed E-state index contributed by atoms with van der Waals surface area (Å²) in [6, 6.07) is 11.6. The molecule has 8 heteroatoms. The van der Waals surface area contributed by atoms with Crippen molar-refractivity contribution in [3.63, 3.8) is 0 Å². The van der Waals surface area contributed by atoms with Crippen LogP contribution >= 0.6 is 11.6 Å². The van der Waals surface area contributed by atoms with Gasteiger partial charge in [0.15, 0.2) is 6.61 Å². The van der Waals surface area contributed by atoms with E-state index in [1.165, 1.54) is 25.2 Å². The first-order chi connectivity index (χ1) is 14.8. The Morgan fingerprint density at radius 3 is 2.35 bits per heavy atom. The predicted molar refractivity (Wildman–Crippen MR) is 114 cm³/mol. The van der Waals surface area contributed by atoms with Crippen molar-refractivity contribution < 1.29 is 23.9 Å². The maximum Gasteiger partial charge on any atom is 0.317 e. The lowest BCUT2D eigenvalue weighted by molar-refractivity contribution is -0.153. The molecule has 1 aliphatic heterocycles. The van der Waals surface area contributed by atoms with Crippen molar-refractivity contribution in [2.24, 2.45) is 0 Å². The number of ether oxygens (including phenoxy) is 1. The van der Waals surface area contributed by atoms with E-state index in [4.69, 9.17) is 16.3 Å². The second-order valence-electron chi connectivity index (χ2n) is 7.85. The van der Waals surface area contributed by atoms with Gasteiger partial charge in [-0.05, 0) is 48.7 Å². The minimum absolute atomic E-state index is 0.231. The zero-order chi connectivity index (χ0) is 22.2. The lowest BCUT2D eigenvalue weighted by atomic mass is 9.79. The van der Waals surface area contributed by atoms with Crippen LogP contribution in [0.25, 0.3) is 0 Å². The van der Waals surface area contributed by atoms with E-state index in [1.807, 2.05) is 12.1 Å². The Kier molecular flexibility index (Phi) is 5.54. The summed E-state index contributed by atoms with van der Waals surface area (Å²) in [7, 11) is 1.40. The maximum absolute atomic E-state index is 13.0. The fourth-order valence-corrected chi connectivity index (χ4v) is 4.39. The summed E-state index contributed by atoms with van der Waals surface area (Å²) < 4.78 is 5.38. The molecule has 1 aliphatic carbocycles. The molecule has 0 bridgehead atoms. The first kappa shape index (κ1) is 21.1. The fraction of sp³-hybridized carbons (Fsp3) is 0.304. The van der Waals surface area contributed by atoms with E-state index in [0.717, 1.165) is 23.3 Å². The van der Waals surface area contributed by atoms with Crippen LogP contribution in [-0.4, -0.2) is 42.2 Å². The van der Waals surface area contributed by atoms with Crippen molar-refractivity contribution in [1.82, 2.24) is 4.90 Å². The Morgan fingerprint density at radius 2 is 1.68 bits per heavy atom. The van der Waals surface area contributed by atoms with Crippen molar-refractivity contribution in [2.75, 3.05) is 19.0 Å². The van der Waals surface area contributed by atoms with Gasteiger partial charge >= 0.3 is 5.97 Å². The number of carbonyl (C=O) groups excluding carboxylic acids is 4. The quantitative estimate of drug-likeness (QED) is 0.566. The summed E-state index contributed by atoms with van der Waals surface area (Å²) in [6.07, 6.45) is 3.12. The number of amides is 3. The average Bonchev–Trinajstić information content (AvgIpc) is 3.34. The molecule has 1 fully saturated rings. The van der Waals surface area contributed by atoms with Crippen molar-refractivity contribution in [1.29, 1.82) is 0 Å². The molecular weight excluding hydrogens is 420 g/mol. The molecule has 0 unspecified atom stereocenters. The van der Waals surface area contributed by atoms with E-state index in [9.17, 15) is 19.2 Å². The van der Waals surface area contributed by atoms with Crippen LogP contribution in [0.4, 0.5) is 5.69 Å². The number of imide groups is 1. The summed E-state index contributed by atoms with van der Waals surface area (Å²) in [5.74, 6) is -1.76. The van der Waals surface area contributed by atoms with Crippen LogP contribution in [0.5, 0.6) is 0 Å². The number of nitrogens with one attached hydrogen (secondary N) is 1. The second-order valence-corrected chi connectivity index (χ2v) is 8.29. The van der Waals surface area contributed by atoms with Gasteiger partial charge in [0.1, 0.15) is 0 Å². The fourth-order valence-electron chi connectivity index (χ4n) is 4.26. The second kappa shape index (κ2) is 8.15. The van der Waals surface area contributed by atoms with Gasteiger partial charge in [0.05, 0.1) is 16.5 Å². The SMILES string of the molecule is CN1C(=O)c2ccc(NC(=O)COC(=O)C3(c4ccc(Cl)cc4)CCCC3)cc2C1=O. The molecule has 1 N–H and O–H groups in total. The molecule has 0 saturated heterocycles. The standard InChI is InChI=1S/C23H21ClN2O5/c1-26-20(28)17-9-8-16(12-18(17)21(26)29)25-19(27)13-31-22(30)23(10-2-3-11-23)14-4-6-15(24)7-5-14/h4-9,12H,2-3,10-11,13H2,1H3,(H,25,27). The molecule has 2 aromatic carbocycles. The van der Waals surface area contributed by atoms with Crippen molar-refractivity contribution >= 4 is 41.0 Å². The van der Waals surface area contributed by atoms with E-state index in [-0.39, 0.29) is 11.5 Å². The van der Waals surface area contributed by atoms with Crippen molar-refractivity contribution in [2.45, 2.75) is 31.1 Å². The third-order valence-corrected chi connectivity index (χ3v) is 6.20. The van der Waals surface area contributed by atoms with Crippen LogP contribution in [-0.2, 0) is 19.7 Å². The average molecular weight is 441 g/mol. The molecular formula is C23H21ClN2O5. The highest BCUT2D eigenvalue weighted by Crippen LogP contribution is 2.42. The Hall–Kier alpha value is -3.19. The Balaban J connectivity index is 1.42. The number of hydrogen-bond acceptors (Lipinski definition) is 5. The van der Waals surface area contributed by atoms with Crippen molar-refractivity contribution in [3.8, 4) is 0 Å². The third-order valence-electron chi connectivity index (χ3n) is 5.95. The van der Waals surface area contributed by atoms with E-state index in [0.29, 0.717) is 29.1 Å². The van der Waals surface area contributed by atoms with Crippen LogP contribution in [0.1, 0.15) is 52.0 Å². The van der Waals surface area contributed by atoms with E-state index in [2.05, 4.69) is 5.32 Å². The number of nitrogens with zero attached hydrogens (tertiary/aromatic N) is 1. The molecule has 2 aliphatic rings. The smallest absolute Gasteiger partial charge is 0.317 e. The van der Waals surface area contributed by atoms with Crippen LogP contribution in [0.3, 0.4) is 0 Å². The first-order valence-corrected chi connectivity index (χ1v) is 10.4. The first-order valence-electron chi connectivity index (χ1n) is 10.0. The minimum Gasteiger partial charge on any atom is -0.455 e. The summed E-state index contributed by atoms with van der Waals surface area (Å²) >= 11 is 5.97. The van der Waals surface area contributed by atoms with Gasteiger partial charge in [0, 0.05) is 17.8 Å². The lowest BCUT2D eigenvalue weighted by Crippen LogP contribution is -2.36. The van der Waals surface area contributed by atoms with Gasteiger partial charge < -0.3 is 10.1 Å². The normalized spacial score (nSPS) is 16.9. The number of hydrogen-bond donors (Lipinski definition) is 1. The van der Waals surface area contributed by atoms with Gasteiger partial charge in [0.2, 0.25) is 0 Å². The Labute approximate surface area is 184 Å². The predicted octanol–water partition coefficient (Wildman–Crippen LogP) is 3.56. The number of esters is 1. The van der Waals surface area contributed by atoms with Gasteiger partial charge in [-0.1, -0.05) is 36.6 Å². The minimum atomic E-state index is -0.768. The van der Waals surface area contributed by atoms with Gasteiger partial charge in [-0.2, -0.15) is 0 Å². The zero-order valence-electron chi connectivity index (χ0n) is 16.9. The lowest BCUT2D eigenvalue weighted by Gasteiger charge is -2.27. The van der Waals surface area contributed by atoms with Crippen LogP contribution in [0.2, 0.25) is 5.02 Å². The highest BCUT2D eigenvalue weighted by molar-refractivity contribution is 6.30. The van der Waals surface area contributed by atoms with Crippen LogP contribution in [0.15, 0.2) is 42.5 Å². The van der Waals surface area contributed by atoms with Gasteiger partial charge in [-0.15, -0.1) is 0 Å². The van der Waals surface area contributed by atoms with Gasteiger partial charge in [0.25, 0.3) is 17.7 Å². The Morgan fingerprint density at radius 1 is 1.03 bits per heavy atom. The number of anilines is 1. The van der Waals surface area contributed by atoms with Crippen LogP contribution < -0.4 is 5.32 Å². The molecule has 0 atom stereocenters. The summed E-state index contributed by atoms with van der Waals surface area (Å²) in [5.41, 5.74) is 0.948. The zero-order valence-corrected chi connectivity index (χ0v) is 17.7. The molecule has 3 amide bonds. The molecule has 7 nitrogen and oxygen atoms in total. The summed E-state index contributed by atoms with van der Waals surface area (Å²) in [4.78, 5) is 50.4. The monoisotopic (exact) mass is 440 g/mol. The molecule has 31 heavy (non-hydrogen) atoms. The topological polar surface area (TPSA) is 92.8 Å². The third kappa shape index (κ3) is 3.81. The molecule has 0 spiro atoms. The highest BCUT2D eigenvalue weighted by atomic mass is 35.5. The molecule has 1 heterocycles. The van der Waals surface area contributed by atoms with Gasteiger partial charge in [-0.25, -0.2) is 0 Å². The van der Waals surface area contributed by atoms with Gasteiger partial charge in [-0.3, -0.25) is 24.1 Å². The molecule has 160 valence electrons. The summed E-state index contributed by atoms with van der Waals surface area (Å²) in [6.45, 7) is -0.446. The van der Waals surface area contributed by atoms with Crippen molar-refractivity contribution in [3.05, 3.63) is 64.2 Å². The van der Waals surface area contributed by atoms with E-state index < -0.39 is 29.8 Å². The molecule has 1 saturated carbocycles. The molecule has 0 radical (unpaired) electrons. The van der Waals surface area contributed by atoms with Crippen LogP contribution in [0, 0.1) is 0 Å². The number of halogens is 1.